The fourth-order valence-corrected chi connectivity index (χ4v) is 13.8. The number of hydrogen-bond donors (Lipinski definition) is 8. The Labute approximate surface area is 682 Å². The maximum atomic E-state index is 13.9. The Morgan fingerprint density at radius 1 is 0.593 bits per heavy atom. The first-order chi connectivity index (χ1) is 56.8. The van der Waals surface area contributed by atoms with Crippen LogP contribution in [0.15, 0.2) is 65.5 Å². The van der Waals surface area contributed by atoms with Gasteiger partial charge < -0.3 is 86.2 Å². The van der Waals surface area contributed by atoms with Crippen molar-refractivity contribution in [3.05, 3.63) is 111 Å². The Kier molecular flexibility index (Phi) is 33.3. The molecule has 7 amide bonds. The molecule has 11 rings (SSSR count). The molecule has 11 N–H and O–H groups in total. The van der Waals surface area contributed by atoms with Crippen LogP contribution in [-0.4, -0.2) is 243 Å². The Morgan fingerprint density at radius 2 is 1.11 bits per heavy atom. The summed E-state index contributed by atoms with van der Waals surface area (Å²) in [5.41, 5.74) is 25.5. The van der Waals surface area contributed by atoms with Crippen molar-refractivity contribution >= 4 is 103 Å². The minimum Gasteiger partial charge on any atom is -0.445 e. The van der Waals surface area contributed by atoms with Crippen LogP contribution >= 0.6 is 0 Å². The molecule has 0 bridgehead atoms. The number of nitrogens with zero attached hydrogens (tertiary/aromatic N) is 15. The van der Waals surface area contributed by atoms with E-state index in [1.807, 2.05) is 72.2 Å². The number of urea groups is 1. The van der Waals surface area contributed by atoms with E-state index in [1.165, 1.54) is 18.4 Å². The lowest BCUT2D eigenvalue weighted by Gasteiger charge is -2.37. The van der Waals surface area contributed by atoms with Gasteiger partial charge in [-0.3, -0.25) is 33.3 Å². The van der Waals surface area contributed by atoms with Crippen LogP contribution in [0, 0.1) is 32.6 Å². The number of ketones is 2. The smallest absolute Gasteiger partial charge is 0.410 e. The van der Waals surface area contributed by atoms with Crippen molar-refractivity contribution in [2.24, 2.45) is 17.6 Å². The Balaban J connectivity index is 0.000000305. The normalized spacial score (nSPS) is 13.4. The van der Waals surface area contributed by atoms with Crippen molar-refractivity contribution in [2.45, 2.75) is 176 Å². The van der Waals surface area contributed by atoms with Gasteiger partial charge in [-0.05, 0) is 125 Å². The third-order valence-corrected chi connectivity index (χ3v) is 20.6. The van der Waals surface area contributed by atoms with E-state index in [2.05, 4.69) is 77.9 Å². The molecule has 0 unspecified atom stereocenters. The Bertz CT molecular complexity index is 4950. The standard InChI is InChI=1S/C53H75N13O12.C27H36N10O3/c1-34(2)42(31-41(68)16-21-74-23-25-76-27-28-77-26-24-75-22-18-56-36(4)67)50(70)60-43(9-6-17-57-51(55)71)46(69)30-37-10-12-38(13-11-37)33-78-53(73)64(40-7-5-8-40)19-20-66-45-15-14-39(29-44(45)62-63-66)32-65-49-47(61-52(65)72)48(54)58-35(3)59-49;1-17-30-26(28)25-27(31-17)36(18(2)32-25)16-20-7-8-23-22(15-20)33-34-37(23)12-11-35(21-5-4-6-21)24(39)9-13-40-14-10-29-19(3)38/h10-15,29,34,40,42-43H,5-9,16-28,30-33H2,1-4H3,(H,56,67)(H,60,70)(H,61,72)(H2,54,58,59)(H3,55,57,71);7-8,15,21H,4-6,9-14,16H2,1-3H3,(H,29,38)(H2,28,30,31)/t42-,43-;/m0./s1. The number of nitrogen functional groups attached to an aromatic ring is 2. The number of aromatic amines is 1. The second-order valence-electron chi connectivity index (χ2n) is 29.8. The van der Waals surface area contributed by atoms with Crippen molar-refractivity contribution in [2.75, 3.05) is 110 Å². The number of anilines is 2. The summed E-state index contributed by atoms with van der Waals surface area (Å²) >= 11 is 0. The lowest BCUT2D eigenvalue weighted by atomic mass is 9.88. The van der Waals surface area contributed by atoms with Gasteiger partial charge >= 0.3 is 17.8 Å². The van der Waals surface area contributed by atoms with E-state index in [0.717, 1.165) is 77.6 Å². The molecular formula is C80H111N23O15. The molecule has 3 aromatic carbocycles. The highest BCUT2D eigenvalue weighted by Gasteiger charge is 2.33. The topological polar surface area (TPSA) is 493 Å². The zero-order chi connectivity index (χ0) is 84.2. The minimum atomic E-state index is -0.901. The molecule has 2 saturated carbocycles. The maximum Gasteiger partial charge on any atom is 0.410 e. The van der Waals surface area contributed by atoms with Gasteiger partial charge in [0, 0.05) is 83.8 Å². The fraction of sp³-hybridized carbons (Fsp3) is 0.550. The third kappa shape index (κ3) is 26.0. The third-order valence-electron chi connectivity index (χ3n) is 20.6. The van der Waals surface area contributed by atoms with Gasteiger partial charge in [-0.2, -0.15) is 0 Å². The number of nitrogens with two attached hydrogens (primary N) is 3. The molecule has 9 aromatic rings. The highest BCUT2D eigenvalue weighted by Crippen LogP contribution is 2.29. The van der Waals surface area contributed by atoms with Gasteiger partial charge in [-0.1, -0.05) is 60.7 Å². The van der Waals surface area contributed by atoms with Crippen LogP contribution in [0.5, 0.6) is 0 Å². The number of carbonyl (C=O) groups is 8. The number of aryl methyl sites for hydroxylation is 3. The molecule has 2 aliphatic rings. The number of Topliss-reactive ketones (excluding diaryl/α,β-unsaturated/α-hetero) is 2. The molecule has 0 radical (unpaired) electrons. The molecule has 38 heteroatoms. The molecule has 0 spiro atoms. The number of rotatable bonds is 47. The van der Waals surface area contributed by atoms with Crippen LogP contribution in [0.4, 0.5) is 21.2 Å². The van der Waals surface area contributed by atoms with Gasteiger partial charge in [0.05, 0.1) is 116 Å². The van der Waals surface area contributed by atoms with Crippen LogP contribution < -0.4 is 44.2 Å². The number of ether oxygens (including phenoxy) is 6. The number of amides is 7. The molecule has 118 heavy (non-hydrogen) atoms. The van der Waals surface area contributed by atoms with E-state index in [4.69, 9.17) is 45.6 Å². The first-order valence-corrected chi connectivity index (χ1v) is 40.3. The van der Waals surface area contributed by atoms with Gasteiger partial charge in [-0.15, -0.1) is 10.2 Å². The number of imidazole rings is 2. The molecular weight excluding hydrogens is 1520 g/mol. The van der Waals surface area contributed by atoms with E-state index < -0.39 is 30.0 Å². The maximum absolute atomic E-state index is 13.9. The van der Waals surface area contributed by atoms with Crippen molar-refractivity contribution < 1.29 is 66.8 Å². The molecule has 636 valence electrons. The number of primary amides is 1. The fourth-order valence-electron chi connectivity index (χ4n) is 13.8. The van der Waals surface area contributed by atoms with Crippen molar-refractivity contribution in [1.29, 1.82) is 0 Å². The van der Waals surface area contributed by atoms with Gasteiger partial charge in [0.2, 0.25) is 23.6 Å². The molecule has 2 aliphatic carbocycles. The van der Waals surface area contributed by atoms with E-state index >= 15 is 0 Å². The first-order valence-electron chi connectivity index (χ1n) is 40.3. The molecule has 2 atom stereocenters. The summed E-state index contributed by atoms with van der Waals surface area (Å²) in [6.07, 6.45) is 6.43. The molecule has 0 saturated heterocycles. The zero-order valence-electron chi connectivity index (χ0n) is 68.4. The van der Waals surface area contributed by atoms with Crippen LogP contribution in [0.25, 0.3) is 44.4 Å². The summed E-state index contributed by atoms with van der Waals surface area (Å²) in [5.74, 6) is 0.611. The number of H-pyrrole nitrogens is 1. The van der Waals surface area contributed by atoms with E-state index in [9.17, 15) is 43.2 Å². The predicted molar refractivity (Wildman–Crippen MR) is 436 cm³/mol. The molecule has 0 aliphatic heterocycles. The van der Waals surface area contributed by atoms with Gasteiger partial charge in [0.15, 0.2) is 34.2 Å². The first kappa shape index (κ1) is 88.9. The van der Waals surface area contributed by atoms with Crippen molar-refractivity contribution in [1.82, 2.24) is 100 Å². The predicted octanol–water partition coefficient (Wildman–Crippen LogP) is 4.61. The minimum absolute atomic E-state index is 0.00280. The van der Waals surface area contributed by atoms with Crippen LogP contribution in [0.2, 0.25) is 0 Å². The number of nitrogens with one attached hydrogen (secondary N) is 5. The number of carbonyl (C=O) groups excluding carboxylic acids is 8. The summed E-state index contributed by atoms with van der Waals surface area (Å²) in [5, 5.41) is 28.3. The lowest BCUT2D eigenvalue weighted by Crippen LogP contribution is -2.46. The number of aromatic nitrogens is 14. The average Bonchev–Trinajstić information content (AvgIpc) is 1.63. The Hall–Kier alpha value is -11.5. The highest BCUT2D eigenvalue weighted by atomic mass is 16.6. The summed E-state index contributed by atoms with van der Waals surface area (Å²) in [6, 6.07) is 17.6. The highest BCUT2D eigenvalue weighted by molar-refractivity contribution is 5.93. The monoisotopic (exact) mass is 1630 g/mol. The molecule has 6 aromatic heterocycles. The number of fused-ring (bicyclic) bond motifs is 4. The summed E-state index contributed by atoms with van der Waals surface area (Å²) in [6.45, 7) is 19.2. The largest absolute Gasteiger partial charge is 0.445 e. The van der Waals surface area contributed by atoms with Crippen LogP contribution in [-0.2, 0) is 96.4 Å². The SMILES string of the molecule is CC(=O)NCCOCCC(=O)N(CCn1nnc2cc(Cn3c(C)nc4c(N)nc(C)nc43)ccc21)C1CCC1.CC(=O)NCCOCCOCCOCCOCCC(=O)C[C@H](C(=O)N[C@@H](CCCNC(N)=O)C(=O)Cc1ccc(COC(=O)N(CCn2nnc3cc(Cn4c(=O)[nH]c5c(N)nc(C)nc54)ccc32)C2CCC2)cc1)C(C)C. The molecule has 2 fully saturated rings. The number of hydrogen-bond acceptors (Lipinski definition) is 26. The van der Waals surface area contributed by atoms with E-state index in [-0.39, 0.29) is 117 Å². The summed E-state index contributed by atoms with van der Waals surface area (Å²) < 4.78 is 40.4. The van der Waals surface area contributed by atoms with Gasteiger partial charge in [0.25, 0.3) is 0 Å². The number of benzene rings is 3. The van der Waals surface area contributed by atoms with Gasteiger partial charge in [0.1, 0.15) is 46.4 Å². The molecule has 6 heterocycles. The Morgan fingerprint density at radius 3 is 1.68 bits per heavy atom. The average molecular weight is 1630 g/mol. The van der Waals surface area contributed by atoms with E-state index in [0.29, 0.717) is 162 Å². The lowest BCUT2D eigenvalue weighted by molar-refractivity contribution is -0.136. The van der Waals surface area contributed by atoms with Crippen LogP contribution in [0.1, 0.15) is 138 Å². The quantitative estimate of drug-likeness (QED) is 0.0241. The summed E-state index contributed by atoms with van der Waals surface area (Å²) in [7, 11) is 0. The van der Waals surface area contributed by atoms with Crippen LogP contribution in [0.3, 0.4) is 0 Å². The van der Waals surface area contributed by atoms with Gasteiger partial charge in [-0.25, -0.2) is 48.7 Å². The zero-order valence-corrected chi connectivity index (χ0v) is 68.4. The van der Waals surface area contributed by atoms with E-state index in [1.54, 1.807) is 40.8 Å². The summed E-state index contributed by atoms with van der Waals surface area (Å²) in [4.78, 5) is 142. The second-order valence-corrected chi connectivity index (χ2v) is 29.8. The van der Waals surface area contributed by atoms with Crippen molar-refractivity contribution in [3.63, 3.8) is 0 Å². The molecule has 38 nitrogen and oxygen atoms in total. The second kappa shape index (κ2) is 44.2. The van der Waals surface area contributed by atoms with Crippen molar-refractivity contribution in [3.8, 4) is 0 Å².